The highest BCUT2D eigenvalue weighted by Crippen LogP contribution is 2.18. The molecule has 11 heteroatoms. The Morgan fingerprint density at radius 1 is 1.27 bits per heavy atom. The van der Waals surface area contributed by atoms with Crippen LogP contribution in [-0.2, 0) is 17.8 Å². The fraction of sp³-hybridized carbons (Fsp3) is 0.368. The molecule has 1 amide bonds. The normalized spacial score (nSPS) is 24.1. The van der Waals surface area contributed by atoms with Gasteiger partial charge in [0.25, 0.3) is 0 Å². The molecular weight excluding hydrogens is 390 g/mol. The Morgan fingerprint density at radius 3 is 2.87 bits per heavy atom. The van der Waals surface area contributed by atoms with Crippen LogP contribution in [0.2, 0.25) is 0 Å². The van der Waals surface area contributed by atoms with Gasteiger partial charge in [0, 0.05) is 17.1 Å². The van der Waals surface area contributed by atoms with E-state index >= 15 is 0 Å². The van der Waals surface area contributed by atoms with Crippen molar-refractivity contribution in [2.75, 3.05) is 6.61 Å². The molecule has 0 aliphatic carbocycles. The van der Waals surface area contributed by atoms with Crippen molar-refractivity contribution >= 4 is 23.0 Å². The van der Waals surface area contributed by atoms with Crippen molar-refractivity contribution in [3.05, 3.63) is 47.9 Å². The largest absolute Gasteiger partial charge is 0.395 e. The molecule has 1 saturated heterocycles. The Balaban J connectivity index is 1.30. The summed E-state index contributed by atoms with van der Waals surface area (Å²) in [6, 6.07) is 6.69. The van der Waals surface area contributed by atoms with Crippen molar-refractivity contribution in [1.29, 1.82) is 0 Å². The number of fused-ring (bicyclic) bond motifs is 1. The SMILES string of the molecule is O=C(Cc1c[nH]c2ccccc12)N/N=C/c1cn(C[C@H]2N[C@H](CO)[C@@H](O)[C@@H]2O)nn1. The molecule has 4 rings (SSSR count). The van der Waals surface area contributed by atoms with Gasteiger partial charge >= 0.3 is 0 Å². The topological polar surface area (TPSA) is 161 Å². The van der Waals surface area contributed by atoms with E-state index < -0.39 is 24.3 Å². The van der Waals surface area contributed by atoms with Crippen LogP contribution in [0.1, 0.15) is 11.3 Å². The van der Waals surface area contributed by atoms with Crippen LogP contribution in [0, 0.1) is 0 Å². The van der Waals surface area contributed by atoms with Crippen LogP contribution in [0.5, 0.6) is 0 Å². The molecule has 11 nitrogen and oxygen atoms in total. The van der Waals surface area contributed by atoms with Crippen molar-refractivity contribution in [3.63, 3.8) is 0 Å². The first-order chi connectivity index (χ1) is 14.5. The molecule has 3 heterocycles. The van der Waals surface area contributed by atoms with Gasteiger partial charge in [-0.05, 0) is 11.6 Å². The predicted octanol–water partition coefficient (Wildman–Crippen LogP) is -1.49. The number of aliphatic hydroxyl groups is 3. The minimum atomic E-state index is -1.04. The number of aliphatic hydroxyl groups excluding tert-OH is 3. The van der Waals surface area contributed by atoms with Gasteiger partial charge in [-0.2, -0.15) is 5.10 Å². The number of para-hydroxylation sites is 1. The molecule has 0 saturated carbocycles. The lowest BCUT2D eigenvalue weighted by Crippen LogP contribution is -2.38. The standard InChI is InChI=1S/C19H23N7O4/c27-10-16-19(30)18(29)15(22-16)9-26-8-12(23-25-26)7-21-24-17(28)5-11-6-20-14-4-2-1-3-13(11)14/h1-4,6-8,15-16,18-20,22,27,29-30H,5,9-10H2,(H,24,28)/b21-7+/t15-,16-,18-,19-/m1/s1. The molecule has 0 bridgehead atoms. The Morgan fingerprint density at radius 2 is 2.07 bits per heavy atom. The molecule has 158 valence electrons. The number of aromatic nitrogens is 4. The zero-order valence-corrected chi connectivity index (χ0v) is 16.0. The van der Waals surface area contributed by atoms with Crippen LogP contribution in [0.4, 0.5) is 0 Å². The lowest BCUT2D eigenvalue weighted by atomic mass is 10.1. The number of H-pyrrole nitrogens is 1. The molecule has 0 spiro atoms. The third-order valence-corrected chi connectivity index (χ3v) is 5.15. The second-order valence-electron chi connectivity index (χ2n) is 7.24. The number of amides is 1. The highest BCUT2D eigenvalue weighted by atomic mass is 16.3. The molecule has 0 unspecified atom stereocenters. The molecule has 1 aliphatic heterocycles. The molecule has 0 radical (unpaired) electrons. The smallest absolute Gasteiger partial charge is 0.244 e. The first kappa shape index (κ1) is 20.2. The molecular formula is C19H23N7O4. The Bertz CT molecular complexity index is 1050. The summed E-state index contributed by atoms with van der Waals surface area (Å²) in [5, 5.41) is 44.8. The molecule has 1 aliphatic rings. The van der Waals surface area contributed by atoms with Gasteiger partial charge in [-0.25, -0.2) is 5.43 Å². The second kappa shape index (κ2) is 8.71. The maximum absolute atomic E-state index is 12.1. The van der Waals surface area contributed by atoms with E-state index in [1.165, 1.54) is 10.9 Å². The fourth-order valence-electron chi connectivity index (χ4n) is 3.59. The Labute approximate surface area is 171 Å². The quantitative estimate of drug-likeness (QED) is 0.203. The number of nitrogens with zero attached hydrogens (tertiary/aromatic N) is 4. The average molecular weight is 413 g/mol. The fourth-order valence-corrected chi connectivity index (χ4v) is 3.59. The van der Waals surface area contributed by atoms with Gasteiger partial charge in [-0.1, -0.05) is 23.4 Å². The molecule has 2 aromatic heterocycles. The number of benzene rings is 1. The molecule has 4 atom stereocenters. The van der Waals surface area contributed by atoms with E-state index in [0.29, 0.717) is 5.69 Å². The predicted molar refractivity (Wildman–Crippen MR) is 108 cm³/mol. The van der Waals surface area contributed by atoms with Crippen LogP contribution >= 0.6 is 0 Å². The van der Waals surface area contributed by atoms with Crippen molar-refractivity contribution in [2.45, 2.75) is 37.3 Å². The third kappa shape index (κ3) is 4.24. The van der Waals surface area contributed by atoms with Crippen molar-refractivity contribution in [1.82, 2.24) is 30.7 Å². The van der Waals surface area contributed by atoms with Gasteiger partial charge in [0.1, 0.15) is 5.69 Å². The summed E-state index contributed by atoms with van der Waals surface area (Å²) in [5.74, 6) is -0.259. The minimum absolute atomic E-state index is 0.188. The van der Waals surface area contributed by atoms with E-state index in [0.717, 1.165) is 16.5 Å². The number of carbonyl (C=O) groups excluding carboxylic acids is 1. The lowest BCUT2D eigenvalue weighted by Gasteiger charge is -2.14. The van der Waals surface area contributed by atoms with Gasteiger partial charge in [0.2, 0.25) is 5.91 Å². The van der Waals surface area contributed by atoms with E-state index in [-0.39, 0.29) is 25.5 Å². The van der Waals surface area contributed by atoms with Gasteiger partial charge in [0.15, 0.2) is 0 Å². The highest BCUT2D eigenvalue weighted by Gasteiger charge is 2.40. The summed E-state index contributed by atoms with van der Waals surface area (Å²) in [7, 11) is 0. The average Bonchev–Trinajstić information content (AvgIpc) is 3.43. The molecule has 1 fully saturated rings. The first-order valence-corrected chi connectivity index (χ1v) is 9.55. The summed E-state index contributed by atoms with van der Waals surface area (Å²) in [5.41, 5.74) is 4.75. The second-order valence-corrected chi connectivity index (χ2v) is 7.24. The van der Waals surface area contributed by atoms with Crippen LogP contribution in [0.15, 0.2) is 41.8 Å². The molecule has 30 heavy (non-hydrogen) atoms. The minimum Gasteiger partial charge on any atom is -0.395 e. The van der Waals surface area contributed by atoms with E-state index in [9.17, 15) is 20.1 Å². The van der Waals surface area contributed by atoms with Gasteiger partial charge in [-0.3, -0.25) is 9.48 Å². The van der Waals surface area contributed by atoms with E-state index in [1.54, 1.807) is 6.20 Å². The van der Waals surface area contributed by atoms with Crippen LogP contribution < -0.4 is 10.7 Å². The molecule has 6 N–H and O–H groups in total. The van der Waals surface area contributed by atoms with Gasteiger partial charge in [0.05, 0.1) is 56.3 Å². The number of rotatable bonds is 7. The van der Waals surface area contributed by atoms with Crippen molar-refractivity contribution in [3.8, 4) is 0 Å². The number of hydrogen-bond acceptors (Lipinski definition) is 8. The number of aromatic amines is 1. The lowest BCUT2D eigenvalue weighted by molar-refractivity contribution is -0.120. The monoisotopic (exact) mass is 413 g/mol. The van der Waals surface area contributed by atoms with Crippen molar-refractivity contribution in [2.24, 2.45) is 5.10 Å². The number of carbonyl (C=O) groups is 1. The first-order valence-electron chi connectivity index (χ1n) is 9.55. The highest BCUT2D eigenvalue weighted by molar-refractivity contribution is 5.89. The molecule has 1 aromatic carbocycles. The zero-order chi connectivity index (χ0) is 21.1. The Hall–Kier alpha value is -3.12. The van der Waals surface area contributed by atoms with Gasteiger partial charge < -0.3 is 25.6 Å². The Kier molecular flexibility index (Phi) is 5.86. The van der Waals surface area contributed by atoms with E-state index in [2.05, 4.69) is 31.1 Å². The van der Waals surface area contributed by atoms with Crippen LogP contribution in [-0.4, -0.2) is 78.3 Å². The summed E-state index contributed by atoms with van der Waals surface area (Å²) < 4.78 is 1.49. The summed E-state index contributed by atoms with van der Waals surface area (Å²) in [4.78, 5) is 15.3. The summed E-state index contributed by atoms with van der Waals surface area (Å²) in [6.45, 7) is -0.0231. The number of nitrogens with one attached hydrogen (secondary N) is 3. The number of hydrazone groups is 1. The summed E-state index contributed by atoms with van der Waals surface area (Å²) in [6.07, 6.45) is 2.91. The zero-order valence-electron chi connectivity index (χ0n) is 16.0. The van der Waals surface area contributed by atoms with E-state index in [1.807, 2.05) is 30.5 Å². The van der Waals surface area contributed by atoms with Crippen LogP contribution in [0.3, 0.4) is 0 Å². The summed E-state index contributed by atoms with van der Waals surface area (Å²) >= 11 is 0. The van der Waals surface area contributed by atoms with Gasteiger partial charge in [-0.15, -0.1) is 5.10 Å². The third-order valence-electron chi connectivity index (χ3n) is 5.15. The maximum Gasteiger partial charge on any atom is 0.244 e. The number of hydrogen-bond donors (Lipinski definition) is 6. The van der Waals surface area contributed by atoms with E-state index in [4.69, 9.17) is 0 Å². The van der Waals surface area contributed by atoms with Crippen LogP contribution in [0.25, 0.3) is 10.9 Å². The molecule has 3 aromatic rings. The maximum atomic E-state index is 12.1. The van der Waals surface area contributed by atoms with Crippen molar-refractivity contribution < 1.29 is 20.1 Å².